The van der Waals surface area contributed by atoms with E-state index in [9.17, 15) is 19.2 Å². The molecule has 3 amide bonds. The number of benzene rings is 1. The van der Waals surface area contributed by atoms with Crippen molar-refractivity contribution in [3.8, 4) is 0 Å². The molecule has 0 aliphatic heterocycles. The van der Waals surface area contributed by atoms with Crippen LogP contribution in [0.1, 0.15) is 92.2 Å². The summed E-state index contributed by atoms with van der Waals surface area (Å²) < 4.78 is 10.4. The Balaban J connectivity index is 3.32. The van der Waals surface area contributed by atoms with Gasteiger partial charge in [-0.25, -0.2) is 4.79 Å². The van der Waals surface area contributed by atoms with Crippen molar-refractivity contribution in [2.24, 2.45) is 5.92 Å². The van der Waals surface area contributed by atoms with E-state index in [1.807, 2.05) is 32.0 Å². The quantitative estimate of drug-likeness (QED) is 0.248. The number of amides is 3. The Kier molecular flexibility index (Phi) is 14.5. The Labute approximate surface area is 228 Å². The van der Waals surface area contributed by atoms with Gasteiger partial charge in [0.05, 0.1) is 13.0 Å². The van der Waals surface area contributed by atoms with E-state index in [4.69, 9.17) is 9.47 Å². The first-order valence-electron chi connectivity index (χ1n) is 13.7. The Morgan fingerprint density at radius 2 is 1.63 bits per heavy atom. The van der Waals surface area contributed by atoms with Gasteiger partial charge in [-0.2, -0.15) is 0 Å². The number of nitrogens with one attached hydrogen (secondary N) is 2. The number of hydrogen-bond donors (Lipinski definition) is 2. The summed E-state index contributed by atoms with van der Waals surface area (Å²) in [5.74, 6) is -1.42. The molecule has 0 heterocycles. The molecule has 0 spiro atoms. The van der Waals surface area contributed by atoms with Crippen molar-refractivity contribution in [1.29, 1.82) is 0 Å². The van der Waals surface area contributed by atoms with Gasteiger partial charge in [-0.15, -0.1) is 0 Å². The van der Waals surface area contributed by atoms with Crippen LogP contribution < -0.4 is 10.6 Å². The van der Waals surface area contributed by atoms with Crippen LogP contribution in [0.4, 0.5) is 4.79 Å². The highest BCUT2D eigenvalue weighted by Crippen LogP contribution is 2.25. The van der Waals surface area contributed by atoms with Crippen molar-refractivity contribution in [3.05, 3.63) is 35.9 Å². The Bertz CT molecular complexity index is 882. The SMILES string of the molecule is CCCCCCN(C(=O)C(NC(=O)OC(C)(C)C)C(C)C)C(C(=O)NCCC(=O)OCC)c1ccccc1. The second-order valence-electron chi connectivity index (χ2n) is 10.6. The zero-order chi connectivity index (χ0) is 28.7. The number of unbranched alkanes of at least 4 members (excludes halogenated alkanes) is 3. The molecule has 0 bridgehead atoms. The van der Waals surface area contributed by atoms with E-state index < -0.39 is 35.7 Å². The molecule has 2 unspecified atom stereocenters. The molecule has 1 rings (SSSR count). The van der Waals surface area contributed by atoms with Crippen LogP contribution in [0, 0.1) is 5.92 Å². The maximum atomic E-state index is 14.0. The third kappa shape index (κ3) is 12.0. The second kappa shape index (κ2) is 16.7. The molecule has 214 valence electrons. The predicted molar refractivity (Wildman–Crippen MR) is 147 cm³/mol. The van der Waals surface area contributed by atoms with Crippen LogP contribution >= 0.6 is 0 Å². The number of esters is 1. The van der Waals surface area contributed by atoms with Gasteiger partial charge in [-0.1, -0.05) is 70.4 Å². The van der Waals surface area contributed by atoms with Gasteiger partial charge < -0.3 is 25.0 Å². The number of carbonyl (C=O) groups excluding carboxylic acids is 4. The van der Waals surface area contributed by atoms with Gasteiger partial charge in [-0.05, 0) is 45.6 Å². The summed E-state index contributed by atoms with van der Waals surface area (Å²) >= 11 is 0. The first-order valence-corrected chi connectivity index (χ1v) is 13.7. The fourth-order valence-electron chi connectivity index (χ4n) is 3.93. The monoisotopic (exact) mass is 533 g/mol. The molecule has 0 aromatic heterocycles. The smallest absolute Gasteiger partial charge is 0.408 e. The molecule has 9 heteroatoms. The Morgan fingerprint density at radius 3 is 2.18 bits per heavy atom. The second-order valence-corrected chi connectivity index (χ2v) is 10.6. The van der Waals surface area contributed by atoms with Crippen molar-refractivity contribution in [2.45, 2.75) is 98.3 Å². The van der Waals surface area contributed by atoms with Crippen LogP contribution in [0.15, 0.2) is 30.3 Å². The van der Waals surface area contributed by atoms with Gasteiger partial charge in [0, 0.05) is 13.1 Å². The maximum Gasteiger partial charge on any atom is 0.408 e. The molecule has 0 aliphatic carbocycles. The molecule has 0 aliphatic rings. The van der Waals surface area contributed by atoms with Gasteiger partial charge >= 0.3 is 12.1 Å². The molecule has 38 heavy (non-hydrogen) atoms. The summed E-state index contributed by atoms with van der Waals surface area (Å²) in [6.45, 7) is 13.5. The molecule has 0 saturated carbocycles. The molecule has 2 atom stereocenters. The lowest BCUT2D eigenvalue weighted by molar-refractivity contribution is -0.144. The van der Waals surface area contributed by atoms with Gasteiger partial charge in [0.1, 0.15) is 17.7 Å². The number of rotatable bonds is 15. The highest BCUT2D eigenvalue weighted by molar-refractivity contribution is 5.92. The van der Waals surface area contributed by atoms with E-state index in [2.05, 4.69) is 17.6 Å². The highest BCUT2D eigenvalue weighted by atomic mass is 16.6. The van der Waals surface area contributed by atoms with Crippen LogP contribution in [-0.4, -0.2) is 60.1 Å². The van der Waals surface area contributed by atoms with Gasteiger partial charge in [0.2, 0.25) is 11.8 Å². The molecule has 1 aromatic rings. The van der Waals surface area contributed by atoms with E-state index in [0.29, 0.717) is 18.5 Å². The molecule has 0 radical (unpaired) electrons. The average Bonchev–Trinajstić information content (AvgIpc) is 2.83. The minimum Gasteiger partial charge on any atom is -0.466 e. The fraction of sp³-hybridized carbons (Fsp3) is 0.655. The lowest BCUT2D eigenvalue weighted by Gasteiger charge is -2.35. The molecule has 0 fully saturated rings. The zero-order valence-corrected chi connectivity index (χ0v) is 24.2. The summed E-state index contributed by atoms with van der Waals surface area (Å²) in [5, 5.41) is 5.53. The lowest BCUT2D eigenvalue weighted by atomic mass is 9.98. The topological polar surface area (TPSA) is 114 Å². The van der Waals surface area contributed by atoms with Gasteiger partial charge in [-0.3, -0.25) is 14.4 Å². The fourth-order valence-corrected chi connectivity index (χ4v) is 3.93. The van der Waals surface area contributed by atoms with Crippen molar-refractivity contribution >= 4 is 23.9 Å². The van der Waals surface area contributed by atoms with E-state index >= 15 is 0 Å². The maximum absolute atomic E-state index is 14.0. The van der Waals surface area contributed by atoms with Gasteiger partial charge in [0.25, 0.3) is 0 Å². The molecule has 9 nitrogen and oxygen atoms in total. The van der Waals surface area contributed by atoms with Gasteiger partial charge in [0.15, 0.2) is 0 Å². The minimum atomic E-state index is -0.936. The third-order valence-electron chi connectivity index (χ3n) is 5.75. The van der Waals surface area contributed by atoms with Crippen molar-refractivity contribution in [2.75, 3.05) is 19.7 Å². The first-order chi connectivity index (χ1) is 17.9. The number of ether oxygens (including phenoxy) is 2. The van der Waals surface area contributed by atoms with Crippen molar-refractivity contribution in [3.63, 3.8) is 0 Å². The van der Waals surface area contributed by atoms with Crippen LogP contribution in [-0.2, 0) is 23.9 Å². The molecule has 0 saturated heterocycles. The molecule has 2 N–H and O–H groups in total. The third-order valence-corrected chi connectivity index (χ3v) is 5.75. The van der Waals surface area contributed by atoms with E-state index in [0.717, 1.165) is 19.3 Å². The Hall–Kier alpha value is -3.10. The molecule has 1 aromatic carbocycles. The molecular weight excluding hydrogens is 486 g/mol. The highest BCUT2D eigenvalue weighted by Gasteiger charge is 2.37. The number of carbonyl (C=O) groups is 4. The van der Waals surface area contributed by atoms with Crippen LogP contribution in [0.5, 0.6) is 0 Å². The van der Waals surface area contributed by atoms with Crippen LogP contribution in [0.2, 0.25) is 0 Å². The largest absolute Gasteiger partial charge is 0.466 e. The number of hydrogen-bond acceptors (Lipinski definition) is 6. The van der Waals surface area contributed by atoms with E-state index in [1.165, 1.54) is 0 Å². The van der Waals surface area contributed by atoms with Crippen molar-refractivity contribution in [1.82, 2.24) is 15.5 Å². The van der Waals surface area contributed by atoms with Crippen LogP contribution in [0.3, 0.4) is 0 Å². The normalized spacial score (nSPS) is 12.8. The summed E-state index contributed by atoms with van der Waals surface area (Å²) in [7, 11) is 0. The number of alkyl carbamates (subject to hydrolysis) is 1. The predicted octanol–water partition coefficient (Wildman–Crippen LogP) is 4.76. The van der Waals surface area contributed by atoms with E-state index in [-0.39, 0.29) is 31.4 Å². The standard InChI is InChI=1S/C29H47N3O6/c1-8-10-11-15-20-32(27(35)24(21(3)4)31-28(36)38-29(5,6)7)25(22-16-13-12-14-17-22)26(34)30-19-18-23(33)37-9-2/h12-14,16-17,21,24-25H,8-11,15,18-20H2,1-7H3,(H,30,34)(H,31,36). The number of nitrogens with zero attached hydrogens (tertiary/aromatic N) is 1. The molecular formula is C29H47N3O6. The average molecular weight is 534 g/mol. The zero-order valence-electron chi connectivity index (χ0n) is 24.2. The lowest BCUT2D eigenvalue weighted by Crippen LogP contribution is -2.55. The Morgan fingerprint density at radius 1 is 0.974 bits per heavy atom. The van der Waals surface area contributed by atoms with Crippen molar-refractivity contribution < 1.29 is 28.7 Å². The summed E-state index contributed by atoms with van der Waals surface area (Å²) in [5.41, 5.74) is -0.0790. The van der Waals surface area contributed by atoms with Crippen LogP contribution in [0.25, 0.3) is 0 Å². The summed E-state index contributed by atoms with van der Waals surface area (Å²) in [6.07, 6.45) is 2.98. The van der Waals surface area contributed by atoms with E-state index in [1.54, 1.807) is 44.7 Å². The first kappa shape index (κ1) is 32.9. The minimum absolute atomic E-state index is 0.0281. The summed E-state index contributed by atoms with van der Waals surface area (Å²) in [6, 6.07) is 7.23. The summed E-state index contributed by atoms with van der Waals surface area (Å²) in [4.78, 5) is 53.5.